The molecule has 0 aliphatic rings. The Labute approximate surface area is 94.2 Å². The highest BCUT2D eigenvalue weighted by Crippen LogP contribution is 2.39. The molecule has 2 rings (SSSR count). The van der Waals surface area contributed by atoms with Gasteiger partial charge in [0.1, 0.15) is 11.4 Å². The van der Waals surface area contributed by atoms with Crippen molar-refractivity contribution in [3.8, 4) is 5.75 Å². The van der Waals surface area contributed by atoms with Crippen molar-refractivity contribution in [3.05, 3.63) is 29.8 Å². The molecule has 80 valence electrons. The molecule has 2 aromatic carbocycles. The zero-order chi connectivity index (χ0) is 12.4. The first-order valence-electron chi connectivity index (χ1n) is 5.21. The van der Waals surface area contributed by atoms with Crippen molar-refractivity contribution in [1.29, 1.82) is 5.52 Å². The second kappa shape index (κ2) is 3.73. The van der Waals surface area contributed by atoms with Crippen LogP contribution in [0.15, 0.2) is 34.4 Å². The molecule has 0 heterocycles. The number of hydrogen-bond donors (Lipinski definition) is 2. The highest BCUT2D eigenvalue weighted by atomic mass is 16.3. The number of hydrogen-bond acceptors (Lipinski definition) is 4. The lowest BCUT2D eigenvalue weighted by molar-refractivity contribution is 0.483. The second-order valence-corrected chi connectivity index (χ2v) is 3.52. The number of fused-ring (bicyclic) bond motifs is 1. The maximum atomic E-state index is 9.98. The van der Waals surface area contributed by atoms with Crippen LogP contribution in [0.5, 0.6) is 5.75 Å². The van der Waals surface area contributed by atoms with Crippen molar-refractivity contribution < 1.29 is 6.52 Å². The molecule has 0 atom stereocenters. The lowest BCUT2D eigenvalue weighted by Crippen LogP contribution is -1.80. The third kappa shape index (κ3) is 1.35. The summed E-state index contributed by atoms with van der Waals surface area (Å²) in [6.45, 7) is 5.27. The van der Waals surface area contributed by atoms with Gasteiger partial charge in [0.25, 0.3) is 0 Å². The number of benzene rings is 2. The molecule has 0 spiro atoms. The summed E-state index contributed by atoms with van der Waals surface area (Å²) >= 11 is 0. The van der Waals surface area contributed by atoms with E-state index in [1.165, 1.54) is 0 Å². The van der Waals surface area contributed by atoms with Crippen molar-refractivity contribution in [3.63, 3.8) is 0 Å². The van der Waals surface area contributed by atoms with Crippen molar-refractivity contribution in [2.24, 2.45) is 10.1 Å². The van der Waals surface area contributed by atoms with Gasteiger partial charge in [-0.25, -0.2) is 5.52 Å². The van der Waals surface area contributed by atoms with Crippen LogP contribution in [0.25, 0.3) is 10.8 Å². The van der Waals surface area contributed by atoms with Crippen LogP contribution in [0.4, 0.5) is 11.4 Å². The average molecular weight is 214 g/mol. The van der Waals surface area contributed by atoms with E-state index in [2.05, 4.69) is 22.3 Å². The Balaban J connectivity index is 2.88. The predicted octanol–water partition coefficient (Wildman–Crippen LogP) is 3.85. The van der Waals surface area contributed by atoms with E-state index in [1.54, 1.807) is 18.2 Å². The molecule has 2 aromatic rings. The second-order valence-electron chi connectivity index (χ2n) is 3.52. The fourth-order valence-corrected chi connectivity index (χ4v) is 1.73. The van der Waals surface area contributed by atoms with Gasteiger partial charge in [-0.05, 0) is 31.3 Å². The largest absolute Gasteiger partial charge is 0.505 e. The molecule has 0 aliphatic carbocycles. The Morgan fingerprint density at radius 3 is 2.75 bits per heavy atom. The van der Waals surface area contributed by atoms with Crippen molar-refractivity contribution >= 4 is 28.9 Å². The third-order valence-corrected chi connectivity index (χ3v) is 2.59. The van der Waals surface area contributed by atoms with Crippen LogP contribution in [0.2, 0.25) is 1.41 Å². The van der Waals surface area contributed by atoms with Gasteiger partial charge in [0.05, 0.1) is 5.69 Å². The number of nitrogens with one attached hydrogen (secondary N) is 1. The Morgan fingerprint density at radius 2 is 2.06 bits per heavy atom. The monoisotopic (exact) mass is 214 g/mol. The van der Waals surface area contributed by atoms with Gasteiger partial charge in [0.15, 0.2) is 0 Å². The van der Waals surface area contributed by atoms with Crippen LogP contribution in [-0.2, 0) is 0 Å². The summed E-state index contributed by atoms with van der Waals surface area (Å²) in [7, 11) is 0. The molecule has 0 radical (unpaired) electrons. The van der Waals surface area contributed by atoms with E-state index >= 15 is 0 Å². The first-order valence-corrected chi connectivity index (χ1v) is 4.76. The van der Waals surface area contributed by atoms with E-state index < -0.39 is 0 Å². The number of phenols is 1. The van der Waals surface area contributed by atoms with E-state index in [-0.39, 0.29) is 5.75 Å². The van der Waals surface area contributed by atoms with E-state index in [1.807, 2.05) is 13.0 Å². The molecule has 0 aromatic heterocycles. The third-order valence-electron chi connectivity index (χ3n) is 2.59. The van der Waals surface area contributed by atoms with Crippen LogP contribution in [0.1, 0.15) is 5.56 Å². The van der Waals surface area contributed by atoms with Gasteiger partial charge < -0.3 is 5.11 Å². The number of aliphatic imine (C=N–C) groups is 1. The normalized spacial score (nSPS) is 11.9. The molecule has 4 heteroatoms. The summed E-state index contributed by atoms with van der Waals surface area (Å²) in [5.74, 6) is 0.0685. The maximum Gasteiger partial charge on any atom is 0.214 e. The van der Waals surface area contributed by atoms with Gasteiger partial charge in [-0.15, -0.1) is 0 Å². The molecule has 0 bridgehead atoms. The topological polar surface area (TPSA) is 68.8 Å². The van der Waals surface area contributed by atoms with Crippen molar-refractivity contribution in [2.75, 3.05) is 0 Å². The van der Waals surface area contributed by atoms with Crippen molar-refractivity contribution in [1.82, 2.24) is 0 Å². The molecule has 16 heavy (non-hydrogen) atoms. The molecule has 0 amide bonds. The standard InChI is InChI=1S/C12H11N3O/c1-7-3-4-9-8(11(7)15-13)5-6-10(14-2)12(9)16/h3-6,13,16H,2H2,1H3/i/hD. The van der Waals surface area contributed by atoms with Gasteiger partial charge in [-0.1, -0.05) is 12.1 Å². The zero-order valence-electron chi connectivity index (χ0n) is 9.81. The minimum atomic E-state index is 0.0685. The average Bonchev–Trinajstić information content (AvgIpc) is 2.33. The Bertz CT molecular complexity index is 623. The molecule has 0 fully saturated rings. The number of aromatic hydroxyl groups is 1. The predicted molar refractivity (Wildman–Crippen MR) is 64.4 cm³/mol. The van der Waals surface area contributed by atoms with Gasteiger partial charge in [0.2, 0.25) is 1.41 Å². The number of aryl methyl sites for hydroxylation is 1. The summed E-state index contributed by atoms with van der Waals surface area (Å²) < 4.78 is 6.81. The van der Waals surface area contributed by atoms with Crippen LogP contribution >= 0.6 is 0 Å². The van der Waals surface area contributed by atoms with E-state index in [0.29, 0.717) is 16.8 Å². The zero-order valence-corrected chi connectivity index (χ0v) is 8.81. The van der Waals surface area contributed by atoms with Gasteiger partial charge >= 0.3 is 0 Å². The summed E-state index contributed by atoms with van der Waals surface area (Å²) in [5.41, 5.74) is 4.95. The first kappa shape index (κ1) is 9.03. The minimum Gasteiger partial charge on any atom is -0.505 e. The summed E-state index contributed by atoms with van der Waals surface area (Å²) in [5, 5.41) is 15.1. The van der Waals surface area contributed by atoms with Crippen LogP contribution < -0.4 is 0 Å². The molecule has 0 saturated carbocycles. The molecule has 0 saturated heterocycles. The van der Waals surface area contributed by atoms with Gasteiger partial charge in [-0.2, -0.15) is 5.11 Å². The Kier molecular flexibility index (Phi) is 2.11. The quantitative estimate of drug-likeness (QED) is 0.578. The lowest BCUT2D eigenvalue weighted by Gasteiger charge is -2.07. The number of phenolic OH excluding ortho intramolecular Hbond substituents is 1. The van der Waals surface area contributed by atoms with Gasteiger partial charge in [-0.3, -0.25) is 4.99 Å². The fourth-order valence-electron chi connectivity index (χ4n) is 1.73. The van der Waals surface area contributed by atoms with Crippen LogP contribution in [-0.4, -0.2) is 11.8 Å². The number of nitrogens with zero attached hydrogens (tertiary/aromatic N) is 2. The molecule has 4 nitrogen and oxygen atoms in total. The minimum absolute atomic E-state index is 0.0685. The van der Waals surface area contributed by atoms with Crippen LogP contribution in [0, 0.1) is 12.4 Å². The molecule has 0 aliphatic heterocycles. The van der Waals surface area contributed by atoms with Crippen molar-refractivity contribution in [2.45, 2.75) is 6.92 Å². The highest BCUT2D eigenvalue weighted by molar-refractivity contribution is 6.00. The summed E-state index contributed by atoms with van der Waals surface area (Å²) in [6, 6.07) is 7.06. The maximum absolute atomic E-state index is 9.98. The molecule has 0 unspecified atom stereocenters. The SMILES string of the molecule is [2H]N=Nc1c(C)ccc2c(O)c(N=C)ccc12. The fraction of sp³-hybridized carbons (Fsp3) is 0.0833. The molecule has 2 N–H and O–H groups in total. The van der Waals surface area contributed by atoms with Gasteiger partial charge in [0, 0.05) is 10.8 Å². The Morgan fingerprint density at radius 1 is 1.31 bits per heavy atom. The Hall–Kier alpha value is -2.23. The lowest BCUT2D eigenvalue weighted by atomic mass is 10.0. The van der Waals surface area contributed by atoms with E-state index in [9.17, 15) is 5.11 Å². The molecular formula is C12H11N3O. The summed E-state index contributed by atoms with van der Waals surface area (Å²) in [4.78, 5) is 3.73. The summed E-state index contributed by atoms with van der Waals surface area (Å²) in [6.07, 6.45) is 0. The van der Waals surface area contributed by atoms with E-state index in [0.717, 1.165) is 10.9 Å². The molecular weight excluding hydrogens is 202 g/mol. The van der Waals surface area contributed by atoms with E-state index in [4.69, 9.17) is 1.41 Å². The smallest absolute Gasteiger partial charge is 0.214 e. The van der Waals surface area contributed by atoms with Crippen LogP contribution in [0.3, 0.4) is 0 Å². The number of rotatable bonds is 2. The first-order chi connectivity index (χ1) is 8.19. The highest BCUT2D eigenvalue weighted by Gasteiger charge is 2.09.